The van der Waals surface area contributed by atoms with E-state index in [9.17, 15) is 13.2 Å². The second-order valence-electron chi connectivity index (χ2n) is 5.68. The number of benzene rings is 2. The molecule has 0 saturated carbocycles. The minimum Gasteiger partial charge on any atom is -0.346 e. The van der Waals surface area contributed by atoms with Gasteiger partial charge in [0.1, 0.15) is 0 Å². The summed E-state index contributed by atoms with van der Waals surface area (Å²) in [5.74, 6) is -0.360. The molecule has 3 rings (SSSR count). The third kappa shape index (κ3) is 5.15. The first-order chi connectivity index (χ1) is 12.8. The fourth-order valence-electron chi connectivity index (χ4n) is 2.30. The Kier molecular flexibility index (Phi) is 5.93. The molecule has 0 saturated heterocycles. The molecule has 2 N–H and O–H groups in total. The Morgan fingerprint density at radius 1 is 1.19 bits per heavy atom. The van der Waals surface area contributed by atoms with Crippen LogP contribution in [0.3, 0.4) is 0 Å². The zero-order valence-electron chi connectivity index (χ0n) is 14.3. The smallest absolute Gasteiger partial charge is 0.261 e. The number of amides is 1. The first-order valence-corrected chi connectivity index (χ1v) is 11.1. The maximum absolute atomic E-state index is 12.6. The van der Waals surface area contributed by atoms with E-state index in [1.165, 1.54) is 29.5 Å². The molecule has 140 valence electrons. The van der Waals surface area contributed by atoms with Crippen LogP contribution in [-0.4, -0.2) is 19.3 Å². The highest BCUT2D eigenvalue weighted by atomic mass is 79.9. The number of carbonyl (C=O) groups is 1. The number of anilines is 1. The number of hydrogen-bond acceptors (Lipinski definition) is 5. The van der Waals surface area contributed by atoms with E-state index in [-0.39, 0.29) is 22.9 Å². The summed E-state index contributed by atoms with van der Waals surface area (Å²) in [7, 11) is -3.80. The third-order valence-electron chi connectivity index (χ3n) is 3.60. The van der Waals surface area contributed by atoms with E-state index in [1.54, 1.807) is 30.3 Å². The molecule has 0 aliphatic rings. The summed E-state index contributed by atoms with van der Waals surface area (Å²) in [5.41, 5.74) is 1.47. The van der Waals surface area contributed by atoms with Gasteiger partial charge in [0.05, 0.1) is 22.1 Å². The van der Waals surface area contributed by atoms with E-state index < -0.39 is 10.0 Å². The lowest BCUT2D eigenvalue weighted by atomic mass is 10.2. The second-order valence-corrected chi connectivity index (χ2v) is 9.34. The zero-order valence-corrected chi connectivity index (χ0v) is 17.5. The second kappa shape index (κ2) is 8.20. The number of nitrogens with zero attached hydrogens (tertiary/aromatic N) is 1. The van der Waals surface area contributed by atoms with Gasteiger partial charge in [-0.05, 0) is 49.4 Å². The summed E-state index contributed by atoms with van der Waals surface area (Å²) in [6, 6.07) is 12.7. The van der Waals surface area contributed by atoms with Gasteiger partial charge in [-0.3, -0.25) is 9.52 Å². The van der Waals surface area contributed by atoms with Gasteiger partial charge >= 0.3 is 0 Å². The monoisotopic (exact) mass is 465 g/mol. The largest absolute Gasteiger partial charge is 0.346 e. The first kappa shape index (κ1) is 19.5. The van der Waals surface area contributed by atoms with Crippen molar-refractivity contribution in [2.45, 2.75) is 18.4 Å². The number of aromatic nitrogens is 1. The molecule has 27 heavy (non-hydrogen) atoms. The van der Waals surface area contributed by atoms with Crippen molar-refractivity contribution >= 4 is 48.9 Å². The van der Waals surface area contributed by atoms with Gasteiger partial charge in [0, 0.05) is 21.1 Å². The van der Waals surface area contributed by atoms with Crippen LogP contribution in [0.25, 0.3) is 0 Å². The van der Waals surface area contributed by atoms with Crippen LogP contribution in [0.4, 0.5) is 5.69 Å². The first-order valence-electron chi connectivity index (χ1n) is 7.91. The van der Waals surface area contributed by atoms with Gasteiger partial charge in [-0.25, -0.2) is 13.4 Å². The quantitative estimate of drug-likeness (QED) is 0.576. The normalized spacial score (nSPS) is 11.2. The fourth-order valence-corrected chi connectivity index (χ4v) is 4.28. The van der Waals surface area contributed by atoms with Crippen molar-refractivity contribution in [1.82, 2.24) is 10.3 Å². The van der Waals surface area contributed by atoms with Crippen molar-refractivity contribution in [3.05, 3.63) is 74.6 Å². The SMILES string of the molecule is Cc1nc(CNC(=O)c2cccc(S(=O)(=O)Nc3ccc(Br)cc3)c2)cs1. The maximum Gasteiger partial charge on any atom is 0.261 e. The van der Waals surface area contributed by atoms with Crippen LogP contribution in [0.15, 0.2) is 63.3 Å². The van der Waals surface area contributed by atoms with Gasteiger partial charge in [0.15, 0.2) is 0 Å². The predicted molar refractivity (Wildman–Crippen MR) is 109 cm³/mol. The number of hydrogen-bond donors (Lipinski definition) is 2. The van der Waals surface area contributed by atoms with E-state index >= 15 is 0 Å². The molecular weight excluding hydrogens is 450 g/mol. The predicted octanol–water partition coefficient (Wildman–Crippen LogP) is 3.94. The van der Waals surface area contributed by atoms with E-state index in [0.29, 0.717) is 5.69 Å². The molecule has 1 heterocycles. The average molecular weight is 466 g/mol. The minimum absolute atomic E-state index is 0.0163. The number of rotatable bonds is 6. The number of aryl methyl sites for hydroxylation is 1. The minimum atomic E-state index is -3.80. The highest BCUT2D eigenvalue weighted by Gasteiger charge is 2.16. The summed E-state index contributed by atoms with van der Waals surface area (Å²) < 4.78 is 28.5. The summed E-state index contributed by atoms with van der Waals surface area (Å²) in [5, 5.41) is 5.54. The average Bonchev–Trinajstić information content (AvgIpc) is 3.07. The van der Waals surface area contributed by atoms with Gasteiger partial charge in [0.25, 0.3) is 15.9 Å². The van der Waals surface area contributed by atoms with E-state index in [1.807, 2.05) is 12.3 Å². The Hall–Kier alpha value is -2.23. The lowest BCUT2D eigenvalue weighted by Crippen LogP contribution is -2.23. The number of thiazole rings is 1. The van der Waals surface area contributed by atoms with Crippen LogP contribution < -0.4 is 10.0 Å². The summed E-state index contributed by atoms with van der Waals surface area (Å²) in [6.45, 7) is 2.18. The van der Waals surface area contributed by atoms with Crippen molar-refractivity contribution in [3.8, 4) is 0 Å². The van der Waals surface area contributed by atoms with E-state index in [2.05, 4.69) is 31.0 Å². The lowest BCUT2D eigenvalue weighted by molar-refractivity contribution is 0.0950. The Balaban J connectivity index is 1.73. The Bertz CT molecular complexity index is 1060. The molecule has 0 aliphatic carbocycles. The van der Waals surface area contributed by atoms with Crippen molar-refractivity contribution < 1.29 is 13.2 Å². The molecule has 2 aromatic carbocycles. The number of sulfonamides is 1. The Morgan fingerprint density at radius 3 is 2.59 bits per heavy atom. The maximum atomic E-state index is 12.6. The number of nitrogens with one attached hydrogen (secondary N) is 2. The van der Waals surface area contributed by atoms with Gasteiger partial charge in [-0.2, -0.15) is 0 Å². The molecule has 1 aromatic heterocycles. The van der Waals surface area contributed by atoms with Crippen LogP contribution in [0.2, 0.25) is 0 Å². The molecule has 0 spiro atoms. The van der Waals surface area contributed by atoms with Crippen LogP contribution >= 0.6 is 27.3 Å². The van der Waals surface area contributed by atoms with Gasteiger partial charge in [0.2, 0.25) is 0 Å². The molecule has 0 unspecified atom stereocenters. The van der Waals surface area contributed by atoms with Gasteiger partial charge < -0.3 is 5.32 Å². The Morgan fingerprint density at radius 2 is 1.93 bits per heavy atom. The van der Waals surface area contributed by atoms with Gasteiger partial charge in [-0.1, -0.05) is 22.0 Å². The lowest BCUT2D eigenvalue weighted by Gasteiger charge is -2.10. The number of carbonyl (C=O) groups excluding carboxylic acids is 1. The molecule has 0 aliphatic heterocycles. The number of halogens is 1. The van der Waals surface area contributed by atoms with E-state index in [4.69, 9.17) is 0 Å². The fraction of sp³-hybridized carbons (Fsp3) is 0.111. The molecular formula is C18H16BrN3O3S2. The molecule has 0 atom stereocenters. The highest BCUT2D eigenvalue weighted by Crippen LogP contribution is 2.19. The highest BCUT2D eigenvalue weighted by molar-refractivity contribution is 9.10. The van der Waals surface area contributed by atoms with Crippen molar-refractivity contribution in [1.29, 1.82) is 0 Å². The molecule has 1 amide bonds. The summed E-state index contributed by atoms with van der Waals surface area (Å²) in [6.07, 6.45) is 0. The summed E-state index contributed by atoms with van der Waals surface area (Å²) >= 11 is 4.81. The van der Waals surface area contributed by atoms with Gasteiger partial charge in [-0.15, -0.1) is 11.3 Å². The molecule has 9 heteroatoms. The molecule has 0 fully saturated rings. The summed E-state index contributed by atoms with van der Waals surface area (Å²) in [4.78, 5) is 16.6. The van der Waals surface area contributed by atoms with Crippen LogP contribution in [-0.2, 0) is 16.6 Å². The van der Waals surface area contributed by atoms with Crippen molar-refractivity contribution in [2.24, 2.45) is 0 Å². The topological polar surface area (TPSA) is 88.2 Å². The third-order valence-corrected chi connectivity index (χ3v) is 6.33. The van der Waals surface area contributed by atoms with E-state index in [0.717, 1.165) is 15.2 Å². The van der Waals surface area contributed by atoms with Crippen molar-refractivity contribution in [2.75, 3.05) is 4.72 Å². The van der Waals surface area contributed by atoms with Crippen LogP contribution in [0.1, 0.15) is 21.1 Å². The van der Waals surface area contributed by atoms with Crippen LogP contribution in [0.5, 0.6) is 0 Å². The standard InChI is InChI=1S/C18H16BrN3O3S2/c1-12-21-16(11-26-12)10-20-18(23)13-3-2-4-17(9-13)27(24,25)22-15-7-5-14(19)6-8-15/h2-9,11,22H,10H2,1H3,(H,20,23). The molecule has 0 bridgehead atoms. The molecule has 6 nitrogen and oxygen atoms in total. The molecule has 0 radical (unpaired) electrons. The molecule has 3 aromatic rings. The Labute approximate surface area is 169 Å². The zero-order chi connectivity index (χ0) is 19.4. The van der Waals surface area contributed by atoms with Crippen molar-refractivity contribution in [3.63, 3.8) is 0 Å². The van der Waals surface area contributed by atoms with Crippen LogP contribution in [0, 0.1) is 6.92 Å².